The van der Waals surface area contributed by atoms with Crippen molar-refractivity contribution in [2.75, 3.05) is 12.4 Å². The van der Waals surface area contributed by atoms with Crippen molar-refractivity contribution in [3.05, 3.63) is 52.5 Å². The number of aliphatic hydroxyl groups excluding tert-OH is 1. The fraction of sp³-hybridized carbons (Fsp3) is 0.286. The topological polar surface area (TPSA) is 62.2 Å². The van der Waals surface area contributed by atoms with Crippen molar-refractivity contribution in [3.8, 4) is 0 Å². The fourth-order valence-electron chi connectivity index (χ4n) is 1.71. The van der Waals surface area contributed by atoms with E-state index in [0.717, 1.165) is 17.0 Å². The zero-order valence-corrected chi connectivity index (χ0v) is 12.5. The predicted molar refractivity (Wildman–Crippen MR) is 82.7 cm³/mol. The van der Waals surface area contributed by atoms with Gasteiger partial charge in [0.1, 0.15) is 0 Å². The van der Waals surface area contributed by atoms with Crippen molar-refractivity contribution in [2.24, 2.45) is 0 Å². The molecule has 20 heavy (non-hydrogen) atoms. The average Bonchev–Trinajstić information content (AvgIpc) is 2.99. The van der Waals surface area contributed by atoms with E-state index in [-0.39, 0.29) is 18.6 Å². The Kier molecular flexibility index (Phi) is 6.04. The van der Waals surface area contributed by atoms with Crippen LogP contribution in [-0.2, 0) is 10.5 Å². The Morgan fingerprint density at radius 1 is 1.40 bits per heavy atom. The number of carbonyl (C=O) groups is 1. The smallest absolute Gasteiger partial charge is 0.230 e. The Balaban J connectivity index is 1.78. The molecule has 1 atom stereocenters. The lowest BCUT2D eigenvalue weighted by molar-refractivity contribution is -0.119. The first-order valence-electron chi connectivity index (χ1n) is 6.19. The van der Waals surface area contributed by atoms with E-state index < -0.39 is 0 Å². The largest absolute Gasteiger partial charge is 0.394 e. The molecule has 0 bridgehead atoms. The molecule has 0 spiro atoms. The number of nitrogens with zero attached hydrogens (tertiary/aromatic N) is 1. The molecule has 0 aliphatic rings. The van der Waals surface area contributed by atoms with Crippen LogP contribution in [0.1, 0.15) is 17.3 Å². The standard InChI is InChI=1S/C14H16N2O2S2/c17-6-13(11-4-2-1-3-5-11)16-14(18)9-19-7-12-8-20-10-15-12/h1-5,8,10,13,17H,6-7,9H2,(H,16,18). The first-order chi connectivity index (χ1) is 9.79. The van der Waals surface area contributed by atoms with Crippen molar-refractivity contribution in [1.82, 2.24) is 10.3 Å². The third kappa shape index (κ3) is 4.63. The van der Waals surface area contributed by atoms with Crippen LogP contribution in [0.3, 0.4) is 0 Å². The number of carbonyl (C=O) groups excluding carboxylic acids is 1. The molecule has 1 unspecified atom stereocenters. The lowest BCUT2D eigenvalue weighted by Crippen LogP contribution is -2.32. The summed E-state index contributed by atoms with van der Waals surface area (Å²) in [7, 11) is 0. The van der Waals surface area contributed by atoms with Gasteiger partial charge in [0, 0.05) is 11.1 Å². The Labute approximate surface area is 126 Å². The maximum absolute atomic E-state index is 11.9. The van der Waals surface area contributed by atoms with Crippen LogP contribution >= 0.6 is 23.1 Å². The van der Waals surface area contributed by atoms with Crippen LogP contribution in [0.4, 0.5) is 0 Å². The van der Waals surface area contributed by atoms with Gasteiger partial charge in [-0.3, -0.25) is 4.79 Å². The van der Waals surface area contributed by atoms with Gasteiger partial charge in [-0.1, -0.05) is 30.3 Å². The molecule has 1 heterocycles. The maximum Gasteiger partial charge on any atom is 0.230 e. The summed E-state index contributed by atoms with van der Waals surface area (Å²) in [4.78, 5) is 16.0. The van der Waals surface area contributed by atoms with E-state index in [9.17, 15) is 9.90 Å². The van der Waals surface area contributed by atoms with Gasteiger partial charge in [0.15, 0.2) is 0 Å². The second-order valence-corrected chi connectivity index (χ2v) is 5.89. The zero-order chi connectivity index (χ0) is 14.2. The number of hydrogen-bond acceptors (Lipinski definition) is 5. The second kappa shape index (κ2) is 8.04. The maximum atomic E-state index is 11.9. The summed E-state index contributed by atoms with van der Waals surface area (Å²) in [6.45, 7) is -0.105. The first kappa shape index (κ1) is 15.0. The quantitative estimate of drug-likeness (QED) is 0.823. The van der Waals surface area contributed by atoms with E-state index in [4.69, 9.17) is 0 Å². The number of hydrogen-bond donors (Lipinski definition) is 2. The summed E-state index contributed by atoms with van der Waals surface area (Å²) in [6, 6.07) is 9.13. The van der Waals surface area contributed by atoms with Crippen molar-refractivity contribution in [1.29, 1.82) is 0 Å². The van der Waals surface area contributed by atoms with Crippen molar-refractivity contribution >= 4 is 29.0 Å². The van der Waals surface area contributed by atoms with Gasteiger partial charge in [0.25, 0.3) is 0 Å². The molecule has 2 N–H and O–H groups in total. The third-order valence-electron chi connectivity index (χ3n) is 2.69. The minimum Gasteiger partial charge on any atom is -0.394 e. The lowest BCUT2D eigenvalue weighted by Gasteiger charge is -2.16. The number of aromatic nitrogens is 1. The number of aliphatic hydroxyl groups is 1. The number of rotatable bonds is 7. The van der Waals surface area contributed by atoms with Gasteiger partial charge in [-0.25, -0.2) is 4.98 Å². The molecule has 0 saturated heterocycles. The van der Waals surface area contributed by atoms with E-state index >= 15 is 0 Å². The molecule has 106 valence electrons. The summed E-state index contributed by atoms with van der Waals surface area (Å²) in [5, 5.41) is 14.2. The molecule has 0 fully saturated rings. The average molecular weight is 308 g/mol. The number of nitrogens with one attached hydrogen (secondary N) is 1. The minimum atomic E-state index is -0.344. The number of thioether (sulfide) groups is 1. The highest BCUT2D eigenvalue weighted by Crippen LogP contribution is 2.14. The van der Waals surface area contributed by atoms with Gasteiger partial charge in [0.05, 0.1) is 29.6 Å². The second-order valence-electron chi connectivity index (χ2n) is 4.19. The highest BCUT2D eigenvalue weighted by atomic mass is 32.2. The summed E-state index contributed by atoms with van der Waals surface area (Å²) < 4.78 is 0. The molecule has 4 nitrogen and oxygen atoms in total. The third-order valence-corrected chi connectivity index (χ3v) is 4.29. The van der Waals surface area contributed by atoms with Gasteiger partial charge in [-0.2, -0.15) is 0 Å². The minimum absolute atomic E-state index is 0.0758. The molecule has 1 aromatic heterocycles. The first-order valence-corrected chi connectivity index (χ1v) is 8.29. The van der Waals surface area contributed by atoms with Crippen molar-refractivity contribution < 1.29 is 9.90 Å². The molecule has 0 saturated carbocycles. The fourth-order valence-corrected chi connectivity index (χ4v) is 3.11. The van der Waals surface area contributed by atoms with E-state index in [1.807, 2.05) is 35.7 Å². The summed E-state index contributed by atoms with van der Waals surface area (Å²) >= 11 is 3.07. The monoisotopic (exact) mass is 308 g/mol. The molecule has 1 aromatic carbocycles. The SMILES string of the molecule is O=C(CSCc1cscn1)NC(CO)c1ccccc1. The van der Waals surface area contributed by atoms with E-state index in [1.54, 1.807) is 16.8 Å². The van der Waals surface area contributed by atoms with Crippen LogP contribution in [0, 0.1) is 0 Å². The molecular weight excluding hydrogens is 292 g/mol. The van der Waals surface area contributed by atoms with Crippen molar-refractivity contribution in [2.45, 2.75) is 11.8 Å². The van der Waals surface area contributed by atoms with E-state index in [0.29, 0.717) is 5.75 Å². The van der Waals surface area contributed by atoms with Gasteiger partial charge in [-0.15, -0.1) is 23.1 Å². The zero-order valence-electron chi connectivity index (χ0n) is 10.9. The van der Waals surface area contributed by atoms with Gasteiger partial charge >= 0.3 is 0 Å². The Morgan fingerprint density at radius 2 is 2.20 bits per heavy atom. The molecule has 0 aliphatic carbocycles. The van der Waals surface area contributed by atoms with Crippen LogP contribution in [0.2, 0.25) is 0 Å². The molecule has 2 aromatic rings. The van der Waals surface area contributed by atoms with E-state index in [2.05, 4.69) is 10.3 Å². The van der Waals surface area contributed by atoms with Gasteiger partial charge < -0.3 is 10.4 Å². The number of thiazole rings is 1. The lowest BCUT2D eigenvalue weighted by atomic mass is 10.1. The normalized spacial score (nSPS) is 12.1. The molecule has 0 radical (unpaired) electrons. The van der Waals surface area contributed by atoms with Crippen LogP contribution in [0.15, 0.2) is 41.2 Å². The Bertz CT molecular complexity index is 517. The van der Waals surface area contributed by atoms with Crippen LogP contribution in [0.5, 0.6) is 0 Å². The highest BCUT2D eigenvalue weighted by Gasteiger charge is 2.13. The molecule has 1 amide bonds. The molecule has 2 rings (SSSR count). The van der Waals surface area contributed by atoms with Crippen LogP contribution in [-0.4, -0.2) is 28.4 Å². The van der Waals surface area contributed by atoms with Gasteiger partial charge in [0.2, 0.25) is 5.91 Å². The Hall–Kier alpha value is -1.37. The Morgan fingerprint density at radius 3 is 2.85 bits per heavy atom. The summed E-state index contributed by atoms with van der Waals surface area (Å²) in [6.07, 6.45) is 0. The van der Waals surface area contributed by atoms with Crippen LogP contribution < -0.4 is 5.32 Å². The molecule has 0 aliphatic heterocycles. The van der Waals surface area contributed by atoms with Gasteiger partial charge in [-0.05, 0) is 5.56 Å². The predicted octanol–water partition coefficient (Wildman–Crippen LogP) is 2.23. The van der Waals surface area contributed by atoms with E-state index in [1.165, 1.54) is 11.8 Å². The number of amides is 1. The molecular formula is C14H16N2O2S2. The number of benzene rings is 1. The summed E-state index contributed by atoms with van der Waals surface area (Å²) in [5.41, 5.74) is 3.69. The van der Waals surface area contributed by atoms with Crippen molar-refractivity contribution in [3.63, 3.8) is 0 Å². The summed E-state index contributed by atoms with van der Waals surface area (Å²) in [5.74, 6) is 1.01. The highest BCUT2D eigenvalue weighted by molar-refractivity contribution is 7.99. The van der Waals surface area contributed by atoms with Crippen LogP contribution in [0.25, 0.3) is 0 Å². The molecule has 6 heteroatoms.